The van der Waals surface area contributed by atoms with Gasteiger partial charge in [-0.3, -0.25) is 0 Å². The van der Waals surface area contributed by atoms with Gasteiger partial charge in [0.1, 0.15) is 0 Å². The van der Waals surface area contributed by atoms with Crippen LogP contribution in [0.1, 0.15) is 70.5 Å². The van der Waals surface area contributed by atoms with Gasteiger partial charge in [0.05, 0.1) is 12.1 Å². The molecule has 0 heterocycles. The Kier molecular flexibility index (Phi) is 9.36. The van der Waals surface area contributed by atoms with E-state index in [1.54, 1.807) is 0 Å². The van der Waals surface area contributed by atoms with E-state index in [2.05, 4.69) is 57.3 Å². The molecule has 2 heteroatoms. The maximum absolute atomic E-state index is 6.01. The molecule has 1 rings (SSSR count). The second-order valence-electron chi connectivity index (χ2n) is 5.71. The lowest BCUT2D eigenvalue weighted by Gasteiger charge is -2.28. The summed E-state index contributed by atoms with van der Waals surface area (Å²) >= 11 is 0. The minimum absolute atomic E-state index is 0.267. The molecule has 1 aromatic rings. The summed E-state index contributed by atoms with van der Waals surface area (Å²) in [4.78, 5) is 0. The molecule has 0 amide bonds. The monoisotopic (exact) mass is 291 g/mol. The Morgan fingerprint density at radius 1 is 0.952 bits per heavy atom. The van der Waals surface area contributed by atoms with Crippen molar-refractivity contribution >= 4 is 0 Å². The van der Waals surface area contributed by atoms with E-state index in [0.717, 1.165) is 38.8 Å². The highest BCUT2D eigenvalue weighted by Gasteiger charge is 2.22. The number of aryl methyl sites for hydroxylation is 1. The Balaban J connectivity index is 2.87. The van der Waals surface area contributed by atoms with Gasteiger partial charge < -0.3 is 10.1 Å². The van der Waals surface area contributed by atoms with Gasteiger partial charge in [-0.1, -0.05) is 57.9 Å². The Morgan fingerprint density at radius 3 is 2.19 bits per heavy atom. The molecule has 21 heavy (non-hydrogen) atoms. The number of nitrogens with one attached hydrogen (secondary N) is 1. The number of ether oxygens (including phenoxy) is 1. The highest BCUT2D eigenvalue weighted by molar-refractivity contribution is 5.26. The molecule has 0 aliphatic carbocycles. The summed E-state index contributed by atoms with van der Waals surface area (Å²) in [6.07, 6.45) is 6.04. The summed E-state index contributed by atoms with van der Waals surface area (Å²) in [7, 11) is 0. The SMILES string of the molecule is CCCNC(c1ccc(CCC)cc1)C(CCC)OCC. The number of rotatable bonds is 11. The van der Waals surface area contributed by atoms with Crippen molar-refractivity contribution in [3.05, 3.63) is 35.4 Å². The van der Waals surface area contributed by atoms with Crippen molar-refractivity contribution in [2.45, 2.75) is 71.9 Å². The first-order valence-electron chi connectivity index (χ1n) is 8.70. The van der Waals surface area contributed by atoms with Crippen molar-refractivity contribution in [3.63, 3.8) is 0 Å². The van der Waals surface area contributed by atoms with Crippen LogP contribution in [0.3, 0.4) is 0 Å². The lowest BCUT2D eigenvalue weighted by molar-refractivity contribution is 0.0276. The van der Waals surface area contributed by atoms with Crippen LogP contribution in [0.15, 0.2) is 24.3 Å². The summed E-state index contributed by atoms with van der Waals surface area (Å²) in [5, 5.41) is 3.68. The Hall–Kier alpha value is -0.860. The Bertz CT molecular complexity index is 354. The van der Waals surface area contributed by atoms with Gasteiger partial charge in [0.15, 0.2) is 0 Å². The molecule has 0 saturated carbocycles. The molecule has 120 valence electrons. The van der Waals surface area contributed by atoms with E-state index in [9.17, 15) is 0 Å². The highest BCUT2D eigenvalue weighted by Crippen LogP contribution is 2.24. The molecular formula is C19H33NO. The molecule has 0 spiro atoms. The van der Waals surface area contributed by atoms with E-state index in [1.807, 2.05) is 0 Å². The molecule has 0 aliphatic rings. The van der Waals surface area contributed by atoms with E-state index in [-0.39, 0.29) is 6.10 Å². The zero-order valence-corrected chi connectivity index (χ0v) is 14.3. The van der Waals surface area contributed by atoms with Gasteiger partial charge in [0.2, 0.25) is 0 Å². The first kappa shape index (κ1) is 18.2. The summed E-state index contributed by atoms with van der Waals surface area (Å²) in [6.45, 7) is 10.6. The third-order valence-electron chi connectivity index (χ3n) is 3.82. The van der Waals surface area contributed by atoms with Crippen molar-refractivity contribution in [1.29, 1.82) is 0 Å². The maximum atomic E-state index is 6.01. The van der Waals surface area contributed by atoms with Crippen LogP contribution in [0.4, 0.5) is 0 Å². The third-order valence-corrected chi connectivity index (χ3v) is 3.82. The fourth-order valence-corrected chi connectivity index (χ4v) is 2.79. The molecule has 2 nitrogen and oxygen atoms in total. The fraction of sp³-hybridized carbons (Fsp3) is 0.684. The first-order chi connectivity index (χ1) is 10.3. The van der Waals surface area contributed by atoms with Crippen LogP contribution in [0, 0.1) is 0 Å². The zero-order valence-electron chi connectivity index (χ0n) is 14.3. The summed E-state index contributed by atoms with van der Waals surface area (Å²) in [6, 6.07) is 9.41. The van der Waals surface area contributed by atoms with Gasteiger partial charge >= 0.3 is 0 Å². The molecule has 0 radical (unpaired) electrons. The van der Waals surface area contributed by atoms with Gasteiger partial charge in [0, 0.05) is 6.61 Å². The number of hydrogen-bond donors (Lipinski definition) is 1. The lowest BCUT2D eigenvalue weighted by atomic mass is 9.96. The van der Waals surface area contributed by atoms with Crippen molar-refractivity contribution < 1.29 is 4.74 Å². The van der Waals surface area contributed by atoms with Crippen LogP contribution >= 0.6 is 0 Å². The zero-order chi connectivity index (χ0) is 15.5. The highest BCUT2D eigenvalue weighted by atomic mass is 16.5. The molecule has 1 N–H and O–H groups in total. The van der Waals surface area contributed by atoms with Gasteiger partial charge in [-0.05, 0) is 43.9 Å². The summed E-state index contributed by atoms with van der Waals surface area (Å²) < 4.78 is 6.01. The first-order valence-corrected chi connectivity index (χ1v) is 8.70. The quantitative estimate of drug-likeness (QED) is 0.627. The molecule has 0 aromatic heterocycles. The normalized spacial score (nSPS) is 14.1. The number of hydrogen-bond acceptors (Lipinski definition) is 2. The fourth-order valence-electron chi connectivity index (χ4n) is 2.79. The van der Waals surface area contributed by atoms with E-state index in [0.29, 0.717) is 6.04 Å². The van der Waals surface area contributed by atoms with Gasteiger partial charge in [0.25, 0.3) is 0 Å². The average Bonchev–Trinajstić information content (AvgIpc) is 2.50. The Labute approximate surface area is 131 Å². The number of benzene rings is 1. The van der Waals surface area contributed by atoms with Crippen LogP contribution in [-0.4, -0.2) is 19.3 Å². The largest absolute Gasteiger partial charge is 0.377 e. The summed E-state index contributed by atoms with van der Waals surface area (Å²) in [5.74, 6) is 0. The Morgan fingerprint density at radius 2 is 1.67 bits per heavy atom. The standard InChI is InChI=1S/C19H33NO/c1-5-9-16-11-13-17(14-12-16)19(20-15-7-3)18(10-6-2)21-8-4/h11-14,18-20H,5-10,15H2,1-4H3. The molecule has 0 fully saturated rings. The molecule has 0 aliphatic heterocycles. The third kappa shape index (κ3) is 6.19. The van der Waals surface area contributed by atoms with Gasteiger partial charge in [-0.15, -0.1) is 0 Å². The van der Waals surface area contributed by atoms with Crippen molar-refractivity contribution in [2.75, 3.05) is 13.2 Å². The van der Waals surface area contributed by atoms with Crippen molar-refractivity contribution in [3.8, 4) is 0 Å². The lowest BCUT2D eigenvalue weighted by Crippen LogP contribution is -2.34. The molecule has 2 unspecified atom stereocenters. The molecule has 2 atom stereocenters. The van der Waals surface area contributed by atoms with E-state index in [4.69, 9.17) is 4.74 Å². The van der Waals surface area contributed by atoms with Crippen LogP contribution < -0.4 is 5.32 Å². The average molecular weight is 291 g/mol. The minimum atomic E-state index is 0.267. The molecule has 0 bridgehead atoms. The second kappa shape index (κ2) is 10.8. The molecular weight excluding hydrogens is 258 g/mol. The summed E-state index contributed by atoms with van der Waals surface area (Å²) in [5.41, 5.74) is 2.79. The molecule has 1 aromatic carbocycles. The van der Waals surface area contributed by atoms with Crippen molar-refractivity contribution in [2.24, 2.45) is 0 Å². The molecule has 0 saturated heterocycles. The smallest absolute Gasteiger partial charge is 0.0769 e. The van der Waals surface area contributed by atoms with E-state index < -0.39 is 0 Å². The van der Waals surface area contributed by atoms with Crippen LogP contribution in [0.5, 0.6) is 0 Å². The maximum Gasteiger partial charge on any atom is 0.0769 e. The topological polar surface area (TPSA) is 21.3 Å². The predicted octanol–water partition coefficient (Wildman–Crippen LogP) is 4.89. The van der Waals surface area contributed by atoms with E-state index in [1.165, 1.54) is 17.5 Å². The minimum Gasteiger partial charge on any atom is -0.377 e. The van der Waals surface area contributed by atoms with Crippen LogP contribution in [-0.2, 0) is 11.2 Å². The van der Waals surface area contributed by atoms with Crippen LogP contribution in [0.2, 0.25) is 0 Å². The van der Waals surface area contributed by atoms with Gasteiger partial charge in [-0.2, -0.15) is 0 Å². The van der Waals surface area contributed by atoms with Crippen molar-refractivity contribution in [1.82, 2.24) is 5.32 Å². The second-order valence-corrected chi connectivity index (χ2v) is 5.71. The van der Waals surface area contributed by atoms with Crippen LogP contribution in [0.25, 0.3) is 0 Å². The van der Waals surface area contributed by atoms with E-state index >= 15 is 0 Å². The van der Waals surface area contributed by atoms with Gasteiger partial charge in [-0.25, -0.2) is 0 Å². The predicted molar refractivity (Wildman–Crippen MR) is 91.8 cm³/mol.